The molecule has 1 aromatic carbocycles. The van der Waals surface area contributed by atoms with Crippen LogP contribution in [-0.4, -0.2) is 5.11 Å². The van der Waals surface area contributed by atoms with Gasteiger partial charge in [-0.05, 0) is 48.9 Å². The zero-order chi connectivity index (χ0) is 10.8. The molecule has 15 heavy (non-hydrogen) atoms. The first-order chi connectivity index (χ1) is 7.15. The van der Waals surface area contributed by atoms with Crippen molar-refractivity contribution in [2.45, 2.75) is 38.7 Å². The third kappa shape index (κ3) is 3.22. The molecular formula is C13H17ClO. The number of aliphatic hydroxyl groups is 1. The molecule has 0 amide bonds. The monoisotopic (exact) mass is 224 g/mol. The average molecular weight is 225 g/mol. The van der Waals surface area contributed by atoms with Crippen molar-refractivity contribution in [2.75, 3.05) is 0 Å². The largest absolute Gasteiger partial charge is 0.388 e. The lowest BCUT2D eigenvalue weighted by Gasteiger charge is -2.11. The molecule has 1 aliphatic rings. The molecule has 2 rings (SSSR count). The first-order valence-corrected chi connectivity index (χ1v) is 5.98. The van der Waals surface area contributed by atoms with E-state index in [9.17, 15) is 5.11 Å². The van der Waals surface area contributed by atoms with Gasteiger partial charge in [-0.25, -0.2) is 0 Å². The van der Waals surface area contributed by atoms with E-state index in [0.29, 0.717) is 0 Å². The topological polar surface area (TPSA) is 20.2 Å². The highest BCUT2D eigenvalue weighted by Crippen LogP contribution is 2.36. The van der Waals surface area contributed by atoms with Crippen LogP contribution in [0.1, 0.15) is 42.9 Å². The van der Waals surface area contributed by atoms with E-state index in [4.69, 9.17) is 11.6 Å². The van der Waals surface area contributed by atoms with Crippen LogP contribution in [0, 0.1) is 12.8 Å². The second-order valence-corrected chi connectivity index (χ2v) is 5.03. The summed E-state index contributed by atoms with van der Waals surface area (Å²) in [6, 6.07) is 5.80. The molecule has 1 aliphatic carbocycles. The van der Waals surface area contributed by atoms with Gasteiger partial charge in [-0.2, -0.15) is 0 Å². The van der Waals surface area contributed by atoms with Gasteiger partial charge in [0.2, 0.25) is 0 Å². The van der Waals surface area contributed by atoms with Crippen molar-refractivity contribution in [1.29, 1.82) is 0 Å². The Balaban J connectivity index is 1.99. The lowest BCUT2D eigenvalue weighted by Crippen LogP contribution is -1.98. The van der Waals surface area contributed by atoms with Crippen LogP contribution in [0.3, 0.4) is 0 Å². The van der Waals surface area contributed by atoms with Gasteiger partial charge in [0.25, 0.3) is 0 Å². The molecule has 0 heterocycles. The summed E-state index contributed by atoms with van der Waals surface area (Å²) in [7, 11) is 0. The molecule has 0 saturated heterocycles. The van der Waals surface area contributed by atoms with E-state index in [1.165, 1.54) is 12.8 Å². The summed E-state index contributed by atoms with van der Waals surface area (Å²) in [5, 5.41) is 10.7. The van der Waals surface area contributed by atoms with Gasteiger partial charge in [0, 0.05) is 5.02 Å². The van der Waals surface area contributed by atoms with Gasteiger partial charge in [0.1, 0.15) is 0 Å². The maximum absolute atomic E-state index is 9.99. The Labute approximate surface area is 96.1 Å². The minimum atomic E-state index is -0.344. The molecule has 0 radical (unpaired) electrons. The van der Waals surface area contributed by atoms with Crippen molar-refractivity contribution in [3.05, 3.63) is 34.3 Å². The normalized spacial score (nSPS) is 17.8. The van der Waals surface area contributed by atoms with Crippen LogP contribution in [-0.2, 0) is 0 Å². The maximum atomic E-state index is 9.99. The predicted molar refractivity (Wildman–Crippen MR) is 63.1 cm³/mol. The number of rotatable bonds is 4. The molecule has 1 fully saturated rings. The van der Waals surface area contributed by atoms with E-state index in [0.717, 1.165) is 34.9 Å². The van der Waals surface area contributed by atoms with E-state index >= 15 is 0 Å². The number of benzene rings is 1. The van der Waals surface area contributed by atoms with Crippen LogP contribution in [0.25, 0.3) is 0 Å². The van der Waals surface area contributed by atoms with Crippen LogP contribution in [0.4, 0.5) is 0 Å². The first kappa shape index (κ1) is 11.0. The Morgan fingerprint density at radius 1 is 1.40 bits per heavy atom. The van der Waals surface area contributed by atoms with E-state index in [1.807, 2.05) is 25.1 Å². The van der Waals surface area contributed by atoms with E-state index < -0.39 is 0 Å². The average Bonchev–Trinajstić information content (AvgIpc) is 2.96. The third-order valence-corrected chi connectivity index (χ3v) is 3.21. The lowest BCUT2D eigenvalue weighted by atomic mass is 10.0. The number of hydrogen-bond donors (Lipinski definition) is 1. The van der Waals surface area contributed by atoms with Gasteiger partial charge in [-0.1, -0.05) is 30.5 Å². The third-order valence-electron chi connectivity index (χ3n) is 2.99. The van der Waals surface area contributed by atoms with Crippen molar-refractivity contribution in [3.63, 3.8) is 0 Å². The fraction of sp³-hybridized carbons (Fsp3) is 0.538. The Bertz CT molecular complexity index is 324. The SMILES string of the molecule is Cc1cc(Cl)cc(C(O)CCC2CC2)c1. The summed E-state index contributed by atoms with van der Waals surface area (Å²) in [4.78, 5) is 0. The molecule has 0 aromatic heterocycles. The first-order valence-electron chi connectivity index (χ1n) is 5.60. The smallest absolute Gasteiger partial charge is 0.0790 e. The van der Waals surface area contributed by atoms with Crippen molar-refractivity contribution in [3.8, 4) is 0 Å². The molecule has 1 N–H and O–H groups in total. The van der Waals surface area contributed by atoms with Crippen molar-refractivity contribution in [2.24, 2.45) is 5.92 Å². The fourth-order valence-electron chi connectivity index (χ4n) is 1.92. The maximum Gasteiger partial charge on any atom is 0.0790 e. The Morgan fingerprint density at radius 3 is 2.73 bits per heavy atom. The van der Waals surface area contributed by atoms with Gasteiger partial charge in [-0.3, -0.25) is 0 Å². The molecule has 0 aliphatic heterocycles. The minimum Gasteiger partial charge on any atom is -0.388 e. The predicted octanol–water partition coefficient (Wildman–Crippen LogP) is 3.87. The van der Waals surface area contributed by atoms with E-state index in [1.54, 1.807) is 0 Å². The van der Waals surface area contributed by atoms with Gasteiger partial charge in [0.05, 0.1) is 6.10 Å². The molecule has 1 unspecified atom stereocenters. The molecule has 82 valence electrons. The summed E-state index contributed by atoms with van der Waals surface area (Å²) in [5.41, 5.74) is 2.07. The molecule has 0 bridgehead atoms. The van der Waals surface area contributed by atoms with Crippen LogP contribution in [0.15, 0.2) is 18.2 Å². The lowest BCUT2D eigenvalue weighted by molar-refractivity contribution is 0.162. The standard InChI is InChI=1S/C13H17ClO/c1-9-6-11(8-12(14)7-9)13(15)5-4-10-2-3-10/h6-8,10,13,15H,2-5H2,1H3. The number of aliphatic hydroxyl groups excluding tert-OH is 1. The van der Waals surface area contributed by atoms with Crippen LogP contribution in [0.5, 0.6) is 0 Å². The van der Waals surface area contributed by atoms with Crippen molar-refractivity contribution in [1.82, 2.24) is 0 Å². The van der Waals surface area contributed by atoms with Gasteiger partial charge in [0.15, 0.2) is 0 Å². The van der Waals surface area contributed by atoms with Crippen LogP contribution in [0.2, 0.25) is 5.02 Å². The second kappa shape index (κ2) is 4.54. The summed E-state index contributed by atoms with van der Waals surface area (Å²) < 4.78 is 0. The van der Waals surface area contributed by atoms with Crippen LogP contribution < -0.4 is 0 Å². The fourth-order valence-corrected chi connectivity index (χ4v) is 2.22. The number of halogens is 1. The molecule has 2 heteroatoms. The van der Waals surface area contributed by atoms with Crippen LogP contribution >= 0.6 is 11.6 Å². The highest BCUT2D eigenvalue weighted by molar-refractivity contribution is 6.30. The van der Waals surface area contributed by atoms with Crippen molar-refractivity contribution >= 4 is 11.6 Å². The summed E-state index contributed by atoms with van der Waals surface area (Å²) in [6.45, 7) is 2.00. The molecular weight excluding hydrogens is 208 g/mol. The summed E-state index contributed by atoms with van der Waals surface area (Å²) in [6.07, 6.45) is 4.36. The Hall–Kier alpha value is -0.530. The van der Waals surface area contributed by atoms with E-state index in [2.05, 4.69) is 0 Å². The van der Waals surface area contributed by atoms with Gasteiger partial charge < -0.3 is 5.11 Å². The molecule has 1 atom stereocenters. The zero-order valence-corrected chi connectivity index (χ0v) is 9.80. The Kier molecular flexibility index (Phi) is 3.32. The molecule has 0 spiro atoms. The minimum absolute atomic E-state index is 0.344. The van der Waals surface area contributed by atoms with Crippen molar-refractivity contribution < 1.29 is 5.11 Å². The highest BCUT2D eigenvalue weighted by atomic mass is 35.5. The second-order valence-electron chi connectivity index (χ2n) is 4.60. The van der Waals surface area contributed by atoms with E-state index in [-0.39, 0.29) is 6.10 Å². The number of aryl methyl sites for hydroxylation is 1. The molecule has 1 aromatic rings. The Morgan fingerprint density at radius 2 is 2.13 bits per heavy atom. The quantitative estimate of drug-likeness (QED) is 0.823. The highest BCUT2D eigenvalue weighted by Gasteiger charge is 2.22. The summed E-state index contributed by atoms with van der Waals surface area (Å²) >= 11 is 5.96. The molecule has 1 saturated carbocycles. The summed E-state index contributed by atoms with van der Waals surface area (Å²) in [5.74, 6) is 0.875. The van der Waals surface area contributed by atoms with Gasteiger partial charge >= 0.3 is 0 Å². The van der Waals surface area contributed by atoms with Gasteiger partial charge in [-0.15, -0.1) is 0 Å². The number of hydrogen-bond acceptors (Lipinski definition) is 1. The zero-order valence-electron chi connectivity index (χ0n) is 9.04. The molecule has 1 nitrogen and oxygen atoms in total.